The van der Waals surface area contributed by atoms with Gasteiger partial charge in [-0.05, 0) is 18.1 Å². The Bertz CT molecular complexity index is 749. The average molecular weight is 403 g/mol. The largest absolute Gasteiger partial charge is 1.00 e. The van der Waals surface area contributed by atoms with E-state index in [0.29, 0.717) is 23.2 Å². The lowest BCUT2D eigenvalue weighted by Crippen LogP contribution is -3.00. The summed E-state index contributed by atoms with van der Waals surface area (Å²) in [4.78, 5) is 14.8. The number of hydrogen-bond acceptors (Lipinski definition) is 8. The Hall–Kier alpha value is -2.10. The predicted molar refractivity (Wildman–Crippen MR) is 91.3 cm³/mol. The highest BCUT2D eigenvalue weighted by Gasteiger charge is 2.20. The van der Waals surface area contributed by atoms with Crippen molar-refractivity contribution in [3.05, 3.63) is 39.0 Å². The number of aromatic nitrogens is 2. The van der Waals surface area contributed by atoms with Crippen LogP contribution in [0, 0.1) is 17.0 Å². The summed E-state index contributed by atoms with van der Waals surface area (Å²) in [6, 6.07) is 4.58. The Morgan fingerprint density at radius 1 is 1.31 bits per heavy atom. The van der Waals surface area contributed by atoms with E-state index in [1.165, 1.54) is 12.1 Å². The molecule has 1 aliphatic heterocycles. The fraction of sp³-hybridized carbons (Fsp3) is 0.467. The molecular formula is C15H18Cl2N5O4-. The summed E-state index contributed by atoms with van der Waals surface area (Å²) in [6.45, 7) is 6.35. The maximum Gasteiger partial charge on any atom is 0.278 e. The molecule has 0 amide bonds. The number of nitro benzene ring substituents is 1. The molecule has 0 radical (unpaired) electrons. The Balaban J connectivity index is 0.00000243. The van der Waals surface area contributed by atoms with Gasteiger partial charge in [0.05, 0.1) is 15.6 Å². The smallest absolute Gasteiger partial charge is 0.278 e. The van der Waals surface area contributed by atoms with Crippen LogP contribution in [0.2, 0.25) is 5.02 Å². The maximum absolute atomic E-state index is 10.8. The topological polar surface area (TPSA) is 97.8 Å². The molecule has 1 aliphatic rings. The number of ether oxygens (including phenoxy) is 1. The van der Waals surface area contributed by atoms with Gasteiger partial charge in [-0.15, -0.1) is 0 Å². The maximum atomic E-state index is 10.8. The van der Waals surface area contributed by atoms with Crippen molar-refractivity contribution in [2.75, 3.05) is 44.2 Å². The van der Waals surface area contributed by atoms with Crippen LogP contribution in [0.25, 0.3) is 0 Å². The van der Waals surface area contributed by atoms with Crippen molar-refractivity contribution in [3.8, 4) is 5.88 Å². The molecule has 0 aliphatic carbocycles. The molecule has 0 atom stereocenters. The number of non-ortho nitro benzene ring substituents is 1. The van der Waals surface area contributed by atoms with Crippen molar-refractivity contribution in [1.82, 2.24) is 15.2 Å². The van der Waals surface area contributed by atoms with Gasteiger partial charge in [0, 0.05) is 44.9 Å². The van der Waals surface area contributed by atoms with Crippen molar-refractivity contribution in [3.63, 3.8) is 0 Å². The summed E-state index contributed by atoms with van der Waals surface area (Å²) in [5.41, 5.74) is 1.47. The zero-order valence-electron chi connectivity index (χ0n) is 14.1. The minimum atomic E-state index is -0.445. The van der Waals surface area contributed by atoms with Gasteiger partial charge in [0.15, 0.2) is 0 Å². The SMILES string of the molecule is Cc1nonc1OCCN1CCN(c2ccc([N+](=O)[O-])cc2Cl)CC1.[Cl-]. The number of hydrogen-bond donors (Lipinski definition) is 0. The number of aryl methyl sites for hydroxylation is 1. The number of nitrogens with zero attached hydrogens (tertiary/aromatic N) is 5. The predicted octanol–water partition coefficient (Wildman–Crippen LogP) is -0.855. The minimum absolute atomic E-state index is 0. The summed E-state index contributed by atoms with van der Waals surface area (Å²) < 4.78 is 10.1. The molecule has 11 heteroatoms. The highest BCUT2D eigenvalue weighted by molar-refractivity contribution is 6.33. The van der Waals surface area contributed by atoms with Crippen LogP contribution in [0.1, 0.15) is 5.69 Å². The second kappa shape index (κ2) is 9.02. The van der Waals surface area contributed by atoms with Crippen LogP contribution in [0.3, 0.4) is 0 Å². The standard InChI is InChI=1S/C15H18ClN5O4.ClH/c1-11-15(18-25-17-11)24-9-8-19-4-6-20(7-5-19)14-3-2-12(21(22)23)10-13(14)16;/h2-3,10H,4-9H2,1H3;1H/p-1. The molecular weight excluding hydrogens is 385 g/mol. The van der Waals surface area contributed by atoms with E-state index in [4.69, 9.17) is 16.3 Å². The molecule has 1 aromatic heterocycles. The first-order valence-electron chi connectivity index (χ1n) is 7.88. The van der Waals surface area contributed by atoms with E-state index in [1.807, 2.05) is 0 Å². The molecule has 2 heterocycles. The van der Waals surface area contributed by atoms with E-state index in [1.54, 1.807) is 13.0 Å². The zero-order valence-corrected chi connectivity index (χ0v) is 15.6. The minimum Gasteiger partial charge on any atom is -1.00 e. The van der Waals surface area contributed by atoms with E-state index < -0.39 is 4.92 Å². The zero-order chi connectivity index (χ0) is 17.8. The molecule has 1 fully saturated rings. The van der Waals surface area contributed by atoms with Gasteiger partial charge < -0.3 is 22.0 Å². The Kier molecular flexibility index (Phi) is 7.01. The van der Waals surface area contributed by atoms with Crippen molar-refractivity contribution < 1.29 is 26.7 Å². The second-order valence-electron chi connectivity index (χ2n) is 5.72. The van der Waals surface area contributed by atoms with E-state index in [-0.39, 0.29) is 18.1 Å². The molecule has 0 unspecified atom stereocenters. The Morgan fingerprint density at radius 3 is 2.62 bits per heavy atom. The van der Waals surface area contributed by atoms with E-state index in [9.17, 15) is 10.1 Å². The van der Waals surface area contributed by atoms with Gasteiger partial charge in [-0.2, -0.15) is 0 Å². The van der Waals surface area contributed by atoms with Crippen molar-refractivity contribution in [2.24, 2.45) is 0 Å². The number of halogens is 2. The molecule has 1 saturated heterocycles. The first-order valence-corrected chi connectivity index (χ1v) is 8.25. The summed E-state index contributed by atoms with van der Waals surface area (Å²) in [7, 11) is 0. The van der Waals surface area contributed by atoms with Crippen molar-refractivity contribution >= 4 is 23.0 Å². The summed E-state index contributed by atoms with van der Waals surface area (Å²) in [6.07, 6.45) is 0. The fourth-order valence-electron chi connectivity index (χ4n) is 2.70. The third kappa shape index (κ3) is 4.75. The second-order valence-corrected chi connectivity index (χ2v) is 6.13. The Labute approximate surface area is 161 Å². The van der Waals surface area contributed by atoms with Crippen LogP contribution in [0.4, 0.5) is 11.4 Å². The fourth-order valence-corrected chi connectivity index (χ4v) is 3.00. The highest BCUT2D eigenvalue weighted by Crippen LogP contribution is 2.30. The molecule has 0 N–H and O–H groups in total. The van der Waals surface area contributed by atoms with E-state index in [0.717, 1.165) is 38.4 Å². The van der Waals surface area contributed by atoms with Crippen molar-refractivity contribution in [2.45, 2.75) is 6.92 Å². The van der Waals surface area contributed by atoms with E-state index >= 15 is 0 Å². The monoisotopic (exact) mass is 402 g/mol. The van der Waals surface area contributed by atoms with Crippen LogP contribution in [-0.4, -0.2) is 59.5 Å². The van der Waals surface area contributed by atoms with Crippen LogP contribution in [0.5, 0.6) is 5.88 Å². The van der Waals surface area contributed by atoms with Gasteiger partial charge in [0.1, 0.15) is 12.3 Å². The molecule has 142 valence electrons. The van der Waals surface area contributed by atoms with Crippen LogP contribution < -0.4 is 22.0 Å². The Morgan fingerprint density at radius 2 is 2.04 bits per heavy atom. The molecule has 26 heavy (non-hydrogen) atoms. The third-order valence-corrected chi connectivity index (χ3v) is 4.42. The average Bonchev–Trinajstić information content (AvgIpc) is 3.01. The number of nitro groups is 1. The lowest BCUT2D eigenvalue weighted by molar-refractivity contribution is -0.384. The lowest BCUT2D eigenvalue weighted by atomic mass is 10.2. The number of anilines is 1. The van der Waals surface area contributed by atoms with Gasteiger partial charge >= 0.3 is 0 Å². The van der Waals surface area contributed by atoms with Crippen LogP contribution in [0.15, 0.2) is 22.8 Å². The number of piperazine rings is 1. The molecule has 0 bridgehead atoms. The first-order chi connectivity index (χ1) is 12.0. The highest BCUT2D eigenvalue weighted by atomic mass is 35.5. The quantitative estimate of drug-likeness (QED) is 0.454. The van der Waals surface area contributed by atoms with Crippen molar-refractivity contribution in [1.29, 1.82) is 0 Å². The van der Waals surface area contributed by atoms with Crippen LogP contribution in [-0.2, 0) is 0 Å². The lowest BCUT2D eigenvalue weighted by Gasteiger charge is -2.36. The summed E-state index contributed by atoms with van der Waals surface area (Å²) in [5, 5.41) is 18.5. The van der Waals surface area contributed by atoms with Gasteiger partial charge in [0.25, 0.3) is 11.6 Å². The van der Waals surface area contributed by atoms with Crippen LogP contribution >= 0.6 is 11.6 Å². The molecule has 1 aromatic carbocycles. The molecule has 2 aromatic rings. The normalized spacial score (nSPS) is 14.8. The van der Waals surface area contributed by atoms with Gasteiger partial charge in [0.2, 0.25) is 0 Å². The van der Waals surface area contributed by atoms with E-state index in [2.05, 4.69) is 24.7 Å². The van der Waals surface area contributed by atoms with Gasteiger partial charge in [-0.1, -0.05) is 16.8 Å². The summed E-state index contributed by atoms with van der Waals surface area (Å²) >= 11 is 6.20. The number of rotatable bonds is 6. The summed E-state index contributed by atoms with van der Waals surface area (Å²) in [5.74, 6) is 0.427. The molecule has 3 rings (SSSR count). The third-order valence-electron chi connectivity index (χ3n) is 4.11. The van der Waals surface area contributed by atoms with Gasteiger partial charge in [-0.3, -0.25) is 15.0 Å². The molecule has 0 spiro atoms. The van der Waals surface area contributed by atoms with Gasteiger partial charge in [-0.25, -0.2) is 4.63 Å². The first kappa shape index (κ1) is 20.2. The molecule has 0 saturated carbocycles. The number of benzene rings is 1. The molecule has 9 nitrogen and oxygen atoms in total.